The Morgan fingerprint density at radius 2 is 1.67 bits per heavy atom. The first-order valence-electron chi connectivity index (χ1n) is 10.9. The van der Waals surface area contributed by atoms with Crippen molar-refractivity contribution in [2.24, 2.45) is 5.92 Å². The van der Waals surface area contributed by atoms with Gasteiger partial charge in [-0.3, -0.25) is 9.59 Å². The average molecular weight is 517 g/mol. The predicted molar refractivity (Wildman–Crippen MR) is 130 cm³/mol. The highest BCUT2D eigenvalue weighted by Gasteiger charge is 2.29. The maximum absolute atomic E-state index is 12.8. The van der Waals surface area contributed by atoms with Gasteiger partial charge in [0.05, 0.1) is 0 Å². The Kier molecular flexibility index (Phi) is 8.07. The van der Waals surface area contributed by atoms with Crippen LogP contribution in [0.3, 0.4) is 0 Å². The van der Waals surface area contributed by atoms with Crippen molar-refractivity contribution in [3.05, 3.63) is 52.8 Å². The summed E-state index contributed by atoms with van der Waals surface area (Å²) in [6, 6.07) is 11.9. The van der Waals surface area contributed by atoms with Crippen molar-refractivity contribution in [3.63, 3.8) is 0 Å². The molecule has 0 saturated heterocycles. The van der Waals surface area contributed by atoms with E-state index in [1.165, 1.54) is 0 Å². The molecule has 3 amide bonds. The zero-order valence-electron chi connectivity index (χ0n) is 19.0. The molecule has 0 aliphatic heterocycles. The highest BCUT2D eigenvalue weighted by Crippen LogP contribution is 2.26. The molecule has 3 rings (SSSR count). The fourth-order valence-corrected chi connectivity index (χ4v) is 3.99. The molecule has 2 atom stereocenters. The number of alkyl carbamates (subject to hydrolysis) is 1. The molecule has 3 N–H and O–H groups in total. The summed E-state index contributed by atoms with van der Waals surface area (Å²) in [7, 11) is 0. The minimum absolute atomic E-state index is 0.0826. The van der Waals surface area contributed by atoms with E-state index in [1.54, 1.807) is 42.5 Å². The zero-order chi connectivity index (χ0) is 24.0. The second kappa shape index (κ2) is 10.8. The largest absolute Gasteiger partial charge is 0.444 e. The third-order valence-corrected chi connectivity index (χ3v) is 5.57. The molecule has 0 bridgehead atoms. The molecule has 0 spiro atoms. The number of rotatable bonds is 5. The molecule has 1 aromatic heterocycles. The lowest BCUT2D eigenvalue weighted by Gasteiger charge is -2.30. The van der Waals surface area contributed by atoms with Gasteiger partial charge in [-0.25, -0.2) is 9.78 Å². The standard InChI is InChI=1S/C24H29BrN4O4/c1-24(2,3)33-23(32)28-18-7-4-6-15(14-18)21(30)26-16-10-12-17(13-11-16)27-22(31)19-8-5-9-20(25)29-19/h5,8-13,15,18H,4,6-7,14H2,1-3H3,(H,26,30)(H,27,31)(H,28,32)/t15-,18+/m0/s1. The first-order valence-corrected chi connectivity index (χ1v) is 11.7. The zero-order valence-corrected chi connectivity index (χ0v) is 20.6. The Bertz CT molecular complexity index is 1000. The highest BCUT2D eigenvalue weighted by molar-refractivity contribution is 9.10. The number of carbonyl (C=O) groups excluding carboxylic acids is 3. The monoisotopic (exact) mass is 516 g/mol. The van der Waals surface area contributed by atoms with Gasteiger partial charge in [-0.2, -0.15) is 0 Å². The van der Waals surface area contributed by atoms with Gasteiger partial charge in [0.15, 0.2) is 0 Å². The first kappa shape index (κ1) is 24.7. The number of ether oxygens (including phenoxy) is 1. The molecule has 0 unspecified atom stereocenters. The van der Waals surface area contributed by atoms with Crippen LogP contribution in [0.1, 0.15) is 56.9 Å². The van der Waals surface area contributed by atoms with Crippen LogP contribution in [0.4, 0.5) is 16.2 Å². The molecule has 1 aliphatic carbocycles. The number of anilines is 2. The summed E-state index contributed by atoms with van der Waals surface area (Å²) in [4.78, 5) is 41.3. The van der Waals surface area contributed by atoms with Gasteiger partial charge in [0, 0.05) is 23.3 Å². The molecule has 1 saturated carbocycles. The lowest BCUT2D eigenvalue weighted by atomic mass is 9.85. The Hall–Kier alpha value is -2.94. The second-order valence-corrected chi connectivity index (χ2v) is 9.89. The van der Waals surface area contributed by atoms with Crippen molar-refractivity contribution in [2.75, 3.05) is 10.6 Å². The van der Waals surface area contributed by atoms with Crippen molar-refractivity contribution in [2.45, 2.75) is 58.1 Å². The van der Waals surface area contributed by atoms with Crippen molar-refractivity contribution < 1.29 is 19.1 Å². The van der Waals surface area contributed by atoms with Crippen LogP contribution in [0.5, 0.6) is 0 Å². The van der Waals surface area contributed by atoms with Crippen LogP contribution >= 0.6 is 15.9 Å². The predicted octanol–water partition coefficient (Wildman–Crippen LogP) is 5.12. The minimum Gasteiger partial charge on any atom is -0.444 e. The number of benzene rings is 1. The fraction of sp³-hybridized carbons (Fsp3) is 0.417. The molecule has 176 valence electrons. The Morgan fingerprint density at radius 3 is 2.30 bits per heavy atom. The van der Waals surface area contributed by atoms with Crippen molar-refractivity contribution in [1.82, 2.24) is 10.3 Å². The van der Waals surface area contributed by atoms with E-state index in [0.29, 0.717) is 28.1 Å². The van der Waals surface area contributed by atoms with Gasteiger partial charge in [-0.15, -0.1) is 0 Å². The topological polar surface area (TPSA) is 109 Å². The Balaban J connectivity index is 1.51. The van der Waals surface area contributed by atoms with Crippen LogP contribution in [-0.2, 0) is 9.53 Å². The van der Waals surface area contributed by atoms with Gasteiger partial charge in [-0.1, -0.05) is 12.5 Å². The summed E-state index contributed by atoms with van der Waals surface area (Å²) in [5, 5.41) is 8.59. The summed E-state index contributed by atoms with van der Waals surface area (Å²) in [6.07, 6.45) is 2.56. The van der Waals surface area contributed by atoms with E-state index >= 15 is 0 Å². The number of nitrogens with zero attached hydrogens (tertiary/aromatic N) is 1. The maximum atomic E-state index is 12.8. The van der Waals surface area contributed by atoms with Gasteiger partial charge in [-0.05, 0) is 92.4 Å². The van der Waals surface area contributed by atoms with Crippen LogP contribution in [0.15, 0.2) is 47.1 Å². The molecular formula is C24H29BrN4O4. The summed E-state index contributed by atoms with van der Waals surface area (Å²) in [5.74, 6) is -0.597. The summed E-state index contributed by atoms with van der Waals surface area (Å²) in [6.45, 7) is 5.45. The van der Waals surface area contributed by atoms with Gasteiger partial charge < -0.3 is 20.7 Å². The van der Waals surface area contributed by atoms with E-state index in [1.807, 2.05) is 20.8 Å². The van der Waals surface area contributed by atoms with Gasteiger partial charge in [0.1, 0.15) is 15.9 Å². The van der Waals surface area contributed by atoms with Gasteiger partial charge in [0.2, 0.25) is 5.91 Å². The first-order chi connectivity index (χ1) is 15.6. The quantitative estimate of drug-likeness (QED) is 0.477. The van der Waals surface area contributed by atoms with Crippen LogP contribution in [0.2, 0.25) is 0 Å². The molecule has 8 nitrogen and oxygen atoms in total. The molecule has 1 fully saturated rings. The van der Waals surface area contributed by atoms with E-state index in [0.717, 1.165) is 19.3 Å². The molecule has 9 heteroatoms. The number of hydrogen-bond donors (Lipinski definition) is 3. The Morgan fingerprint density at radius 1 is 1.00 bits per heavy atom. The van der Waals surface area contributed by atoms with Crippen LogP contribution in [0, 0.1) is 5.92 Å². The number of amides is 3. The van der Waals surface area contributed by atoms with Gasteiger partial charge in [0.25, 0.3) is 5.91 Å². The normalized spacial score (nSPS) is 18.2. The lowest BCUT2D eigenvalue weighted by Crippen LogP contribution is -2.43. The summed E-state index contributed by atoms with van der Waals surface area (Å²) >= 11 is 3.25. The Labute approximate surface area is 202 Å². The molecule has 1 heterocycles. The lowest BCUT2D eigenvalue weighted by molar-refractivity contribution is -0.121. The number of pyridine rings is 1. The maximum Gasteiger partial charge on any atom is 0.407 e. The smallest absolute Gasteiger partial charge is 0.407 e. The van der Waals surface area contributed by atoms with Crippen LogP contribution in [-0.4, -0.2) is 34.5 Å². The van der Waals surface area contributed by atoms with Gasteiger partial charge >= 0.3 is 6.09 Å². The van der Waals surface area contributed by atoms with E-state index < -0.39 is 11.7 Å². The molecule has 1 aliphatic rings. The second-order valence-electron chi connectivity index (χ2n) is 9.07. The molecule has 2 aromatic rings. The number of carbonyl (C=O) groups is 3. The van der Waals surface area contributed by atoms with E-state index in [-0.39, 0.29) is 23.8 Å². The third-order valence-electron chi connectivity index (χ3n) is 5.12. The number of hydrogen-bond acceptors (Lipinski definition) is 5. The highest BCUT2D eigenvalue weighted by atomic mass is 79.9. The summed E-state index contributed by atoms with van der Waals surface area (Å²) in [5.41, 5.74) is 0.976. The third kappa shape index (κ3) is 7.85. The number of aromatic nitrogens is 1. The van der Waals surface area contributed by atoms with E-state index in [9.17, 15) is 14.4 Å². The van der Waals surface area contributed by atoms with Crippen LogP contribution < -0.4 is 16.0 Å². The van der Waals surface area contributed by atoms with Crippen molar-refractivity contribution >= 4 is 45.2 Å². The molecule has 0 radical (unpaired) electrons. The van der Waals surface area contributed by atoms with E-state index in [2.05, 4.69) is 36.9 Å². The van der Waals surface area contributed by atoms with Crippen molar-refractivity contribution in [1.29, 1.82) is 0 Å². The molecule has 33 heavy (non-hydrogen) atoms. The molecule has 1 aromatic carbocycles. The minimum atomic E-state index is -0.560. The average Bonchev–Trinajstić information content (AvgIpc) is 2.74. The fourth-order valence-electron chi connectivity index (χ4n) is 3.64. The van der Waals surface area contributed by atoms with E-state index in [4.69, 9.17) is 4.74 Å². The summed E-state index contributed by atoms with van der Waals surface area (Å²) < 4.78 is 5.90. The number of nitrogens with one attached hydrogen (secondary N) is 3. The van der Waals surface area contributed by atoms with Crippen LogP contribution in [0.25, 0.3) is 0 Å². The molecular weight excluding hydrogens is 488 g/mol. The van der Waals surface area contributed by atoms with Crippen molar-refractivity contribution in [3.8, 4) is 0 Å². The SMILES string of the molecule is CC(C)(C)OC(=O)N[C@@H]1CCC[C@H](C(=O)Nc2ccc(NC(=O)c3cccc(Br)n3)cc2)C1. The number of halogens is 1.